The third kappa shape index (κ3) is 6.42. The fourth-order valence-corrected chi connectivity index (χ4v) is 2.44. The summed E-state index contributed by atoms with van der Waals surface area (Å²) < 4.78 is 5.41. The second kappa shape index (κ2) is 9.92. The average molecular weight is 417 g/mol. The zero-order chi connectivity index (χ0) is 15.1. The van der Waals surface area contributed by atoms with Gasteiger partial charge in [0.25, 0.3) is 0 Å². The van der Waals surface area contributed by atoms with Gasteiger partial charge >= 0.3 is 0 Å². The molecule has 1 aromatic rings. The number of hydrogen-bond acceptors (Lipinski definition) is 2. The highest BCUT2D eigenvalue weighted by Crippen LogP contribution is 2.31. The summed E-state index contributed by atoms with van der Waals surface area (Å²) in [7, 11) is 3.54. The number of nitrogens with one attached hydrogen (secondary N) is 2. The summed E-state index contributed by atoms with van der Waals surface area (Å²) in [5.74, 6) is 2.80. The lowest BCUT2D eigenvalue weighted by atomic mass is 10.1. The number of methoxy groups -OCH3 is 1. The van der Waals surface area contributed by atoms with Crippen LogP contribution in [0.4, 0.5) is 0 Å². The summed E-state index contributed by atoms with van der Waals surface area (Å²) >= 11 is 0. The van der Waals surface area contributed by atoms with Crippen LogP contribution in [0.2, 0.25) is 0 Å². The zero-order valence-corrected chi connectivity index (χ0v) is 16.1. The topological polar surface area (TPSA) is 45.7 Å². The number of benzene rings is 1. The van der Waals surface area contributed by atoms with E-state index >= 15 is 0 Å². The molecular weight excluding hydrogens is 389 g/mol. The number of nitrogens with zero attached hydrogens (tertiary/aromatic N) is 1. The summed E-state index contributed by atoms with van der Waals surface area (Å²) in [5.41, 5.74) is 2.50. The summed E-state index contributed by atoms with van der Waals surface area (Å²) in [5, 5.41) is 6.74. The van der Waals surface area contributed by atoms with E-state index in [1.54, 1.807) is 7.11 Å². The lowest BCUT2D eigenvalue weighted by molar-refractivity contribution is 0.409. The van der Waals surface area contributed by atoms with E-state index in [0.29, 0.717) is 0 Å². The number of aliphatic imine (C=N–C) groups is 1. The van der Waals surface area contributed by atoms with Crippen LogP contribution in [0.1, 0.15) is 30.4 Å². The molecule has 5 heteroatoms. The van der Waals surface area contributed by atoms with E-state index in [1.165, 1.54) is 30.4 Å². The second-order valence-corrected chi connectivity index (χ2v) is 5.72. The van der Waals surface area contributed by atoms with Gasteiger partial charge < -0.3 is 15.4 Å². The van der Waals surface area contributed by atoms with Crippen LogP contribution in [0.25, 0.3) is 0 Å². The lowest BCUT2D eigenvalue weighted by Gasteiger charge is -2.13. The molecule has 0 saturated heterocycles. The molecule has 22 heavy (non-hydrogen) atoms. The summed E-state index contributed by atoms with van der Waals surface area (Å²) in [4.78, 5) is 4.26. The van der Waals surface area contributed by atoms with Gasteiger partial charge in [-0.1, -0.05) is 30.5 Å². The molecule has 0 unspecified atom stereocenters. The molecule has 0 aromatic heterocycles. The maximum Gasteiger partial charge on any atom is 0.190 e. The Bertz CT molecular complexity index is 487. The number of hydrogen-bond donors (Lipinski definition) is 2. The van der Waals surface area contributed by atoms with Crippen LogP contribution in [0.15, 0.2) is 23.2 Å². The number of halogens is 1. The minimum atomic E-state index is 0. The van der Waals surface area contributed by atoms with Crippen molar-refractivity contribution < 1.29 is 4.74 Å². The molecule has 0 atom stereocenters. The molecule has 0 amide bonds. The molecule has 1 aliphatic carbocycles. The third-order valence-electron chi connectivity index (χ3n) is 3.89. The predicted molar refractivity (Wildman–Crippen MR) is 104 cm³/mol. The molecule has 4 nitrogen and oxygen atoms in total. The summed E-state index contributed by atoms with van der Waals surface area (Å²) in [6, 6.07) is 6.30. The van der Waals surface area contributed by atoms with Gasteiger partial charge in [0.1, 0.15) is 5.75 Å². The number of guanidine groups is 1. The summed E-state index contributed by atoms with van der Waals surface area (Å²) in [6.45, 7) is 3.97. The molecule has 1 aliphatic rings. The predicted octanol–water partition coefficient (Wildman–Crippen LogP) is 3.13. The third-order valence-corrected chi connectivity index (χ3v) is 3.89. The lowest BCUT2D eigenvalue weighted by Crippen LogP contribution is -2.38. The van der Waals surface area contributed by atoms with Gasteiger partial charge in [-0.25, -0.2) is 0 Å². The van der Waals surface area contributed by atoms with Crippen molar-refractivity contribution in [2.45, 2.75) is 32.6 Å². The molecule has 2 rings (SSSR count). The SMILES string of the molecule is CN=C(NCCc1cc(C)ccc1OC)NCCC1CC1.I. The minimum absolute atomic E-state index is 0. The Hall–Kier alpha value is -0.980. The quantitative estimate of drug-likeness (QED) is 0.407. The van der Waals surface area contributed by atoms with Gasteiger partial charge in [0.15, 0.2) is 5.96 Å². The normalized spacial score (nSPS) is 14.2. The van der Waals surface area contributed by atoms with Crippen LogP contribution in [-0.2, 0) is 6.42 Å². The van der Waals surface area contributed by atoms with Gasteiger partial charge in [0.05, 0.1) is 7.11 Å². The van der Waals surface area contributed by atoms with Crippen LogP contribution in [0.3, 0.4) is 0 Å². The highest BCUT2D eigenvalue weighted by molar-refractivity contribution is 14.0. The Morgan fingerprint density at radius 2 is 2.00 bits per heavy atom. The molecule has 124 valence electrons. The van der Waals surface area contributed by atoms with E-state index < -0.39 is 0 Å². The second-order valence-electron chi connectivity index (χ2n) is 5.72. The Morgan fingerprint density at radius 3 is 2.64 bits per heavy atom. The maximum atomic E-state index is 5.41. The molecule has 0 heterocycles. The standard InChI is InChI=1S/C17H27N3O.HI/c1-13-4-7-16(21-3)15(12-13)9-11-20-17(18-2)19-10-8-14-5-6-14;/h4,7,12,14H,5-6,8-11H2,1-3H3,(H2,18,19,20);1H. The Kier molecular flexibility index (Phi) is 8.60. The van der Waals surface area contributed by atoms with E-state index in [0.717, 1.165) is 37.1 Å². The molecule has 1 fully saturated rings. The first-order chi connectivity index (χ1) is 10.2. The zero-order valence-electron chi connectivity index (χ0n) is 13.8. The molecule has 0 spiro atoms. The number of ether oxygens (including phenoxy) is 1. The molecule has 1 saturated carbocycles. The van der Waals surface area contributed by atoms with E-state index in [9.17, 15) is 0 Å². The first-order valence-corrected chi connectivity index (χ1v) is 7.81. The maximum absolute atomic E-state index is 5.41. The van der Waals surface area contributed by atoms with Crippen molar-refractivity contribution in [1.82, 2.24) is 10.6 Å². The molecule has 0 aliphatic heterocycles. The Balaban J connectivity index is 0.00000242. The minimum Gasteiger partial charge on any atom is -0.496 e. The largest absolute Gasteiger partial charge is 0.496 e. The van der Waals surface area contributed by atoms with Gasteiger partial charge in [-0.2, -0.15) is 0 Å². The monoisotopic (exact) mass is 417 g/mol. The van der Waals surface area contributed by atoms with Gasteiger partial charge in [-0.15, -0.1) is 24.0 Å². The molecule has 0 bridgehead atoms. The molecular formula is C17H28IN3O. The van der Waals surface area contributed by atoms with Crippen molar-refractivity contribution in [2.75, 3.05) is 27.2 Å². The highest BCUT2D eigenvalue weighted by Gasteiger charge is 2.20. The highest BCUT2D eigenvalue weighted by atomic mass is 127. The molecule has 0 radical (unpaired) electrons. The van der Waals surface area contributed by atoms with Crippen LogP contribution in [0.5, 0.6) is 5.75 Å². The van der Waals surface area contributed by atoms with Crippen molar-refractivity contribution in [3.05, 3.63) is 29.3 Å². The smallest absolute Gasteiger partial charge is 0.190 e. The first-order valence-electron chi connectivity index (χ1n) is 7.81. The molecule has 1 aromatic carbocycles. The Labute approximate surface area is 151 Å². The van der Waals surface area contributed by atoms with Gasteiger partial charge in [0.2, 0.25) is 0 Å². The van der Waals surface area contributed by atoms with E-state index in [-0.39, 0.29) is 24.0 Å². The Morgan fingerprint density at radius 1 is 1.27 bits per heavy atom. The first kappa shape index (κ1) is 19.1. The average Bonchev–Trinajstić information content (AvgIpc) is 3.30. The van der Waals surface area contributed by atoms with Crippen molar-refractivity contribution in [1.29, 1.82) is 0 Å². The van der Waals surface area contributed by atoms with Crippen molar-refractivity contribution in [3.63, 3.8) is 0 Å². The summed E-state index contributed by atoms with van der Waals surface area (Å²) in [6.07, 6.45) is 4.99. The van der Waals surface area contributed by atoms with E-state index in [2.05, 4.69) is 34.7 Å². The fraction of sp³-hybridized carbons (Fsp3) is 0.588. The van der Waals surface area contributed by atoms with Gasteiger partial charge in [0, 0.05) is 20.1 Å². The van der Waals surface area contributed by atoms with E-state index in [1.807, 2.05) is 13.1 Å². The van der Waals surface area contributed by atoms with Crippen LogP contribution >= 0.6 is 24.0 Å². The van der Waals surface area contributed by atoms with Crippen LogP contribution in [-0.4, -0.2) is 33.2 Å². The fourth-order valence-electron chi connectivity index (χ4n) is 2.44. The number of rotatable bonds is 7. The van der Waals surface area contributed by atoms with Crippen molar-refractivity contribution in [2.24, 2.45) is 10.9 Å². The van der Waals surface area contributed by atoms with E-state index in [4.69, 9.17) is 4.74 Å². The van der Waals surface area contributed by atoms with Gasteiger partial charge in [-0.05, 0) is 37.3 Å². The van der Waals surface area contributed by atoms with Gasteiger partial charge in [-0.3, -0.25) is 4.99 Å². The van der Waals surface area contributed by atoms with Crippen molar-refractivity contribution >= 4 is 29.9 Å². The van der Waals surface area contributed by atoms with Crippen LogP contribution < -0.4 is 15.4 Å². The van der Waals surface area contributed by atoms with Crippen molar-refractivity contribution in [3.8, 4) is 5.75 Å². The number of aryl methyl sites for hydroxylation is 1. The molecule has 2 N–H and O–H groups in total. The van der Waals surface area contributed by atoms with Crippen LogP contribution in [0, 0.1) is 12.8 Å².